The molecule has 21 heavy (non-hydrogen) atoms. The predicted molar refractivity (Wildman–Crippen MR) is 87.3 cm³/mol. The van der Waals surface area contributed by atoms with Crippen molar-refractivity contribution < 1.29 is 0 Å². The number of fused-ring (bicyclic) bond motifs is 1. The predicted octanol–water partition coefficient (Wildman–Crippen LogP) is 3.41. The van der Waals surface area contributed by atoms with E-state index in [1.165, 1.54) is 16.8 Å². The van der Waals surface area contributed by atoms with E-state index in [-0.39, 0.29) is 0 Å². The monoisotopic (exact) mass is 282 g/mol. The molecule has 1 aliphatic rings. The molecule has 1 N–H and O–H groups in total. The van der Waals surface area contributed by atoms with Gasteiger partial charge in [-0.15, -0.1) is 0 Å². The standard InChI is InChI=1S/C17H22N4/c1-4-14-16(18-3)19-11-20-17(14)21-10-12(2)9-13-7-5-6-8-15(13)21/h5-8,11-12H,4,9-10H2,1-3H3,(H,18,19,20). The molecule has 0 saturated heterocycles. The van der Waals surface area contributed by atoms with E-state index in [2.05, 4.69) is 58.3 Å². The highest BCUT2D eigenvalue weighted by Crippen LogP contribution is 2.37. The van der Waals surface area contributed by atoms with E-state index >= 15 is 0 Å². The van der Waals surface area contributed by atoms with Crippen molar-refractivity contribution in [2.75, 3.05) is 23.8 Å². The second-order valence-electron chi connectivity index (χ2n) is 5.68. The Morgan fingerprint density at radius 3 is 2.86 bits per heavy atom. The van der Waals surface area contributed by atoms with Gasteiger partial charge in [-0.05, 0) is 30.4 Å². The summed E-state index contributed by atoms with van der Waals surface area (Å²) in [6.07, 6.45) is 3.71. The maximum absolute atomic E-state index is 4.59. The molecule has 110 valence electrons. The summed E-state index contributed by atoms with van der Waals surface area (Å²) in [7, 11) is 1.91. The number of rotatable bonds is 3. The number of anilines is 3. The first-order chi connectivity index (χ1) is 10.2. The van der Waals surface area contributed by atoms with Gasteiger partial charge in [0, 0.05) is 24.8 Å². The molecule has 4 nitrogen and oxygen atoms in total. The summed E-state index contributed by atoms with van der Waals surface area (Å²) in [4.78, 5) is 11.3. The van der Waals surface area contributed by atoms with Crippen LogP contribution in [0, 0.1) is 5.92 Å². The molecule has 1 atom stereocenters. The zero-order valence-electron chi connectivity index (χ0n) is 12.9. The van der Waals surface area contributed by atoms with Crippen molar-refractivity contribution in [1.82, 2.24) is 9.97 Å². The first-order valence-corrected chi connectivity index (χ1v) is 7.61. The molecule has 1 aliphatic heterocycles. The molecular formula is C17H22N4. The average Bonchev–Trinajstić information content (AvgIpc) is 2.53. The third-order valence-electron chi connectivity index (χ3n) is 4.11. The van der Waals surface area contributed by atoms with Crippen LogP contribution in [0.25, 0.3) is 0 Å². The van der Waals surface area contributed by atoms with Crippen molar-refractivity contribution in [2.24, 2.45) is 5.92 Å². The normalized spacial score (nSPS) is 17.5. The first kappa shape index (κ1) is 13.9. The Kier molecular flexibility index (Phi) is 3.78. The zero-order valence-corrected chi connectivity index (χ0v) is 12.9. The van der Waals surface area contributed by atoms with Crippen LogP contribution >= 0.6 is 0 Å². The van der Waals surface area contributed by atoms with Crippen LogP contribution in [0.3, 0.4) is 0 Å². The summed E-state index contributed by atoms with van der Waals surface area (Å²) in [6, 6.07) is 8.65. The molecular weight excluding hydrogens is 260 g/mol. The highest BCUT2D eigenvalue weighted by molar-refractivity contribution is 5.70. The van der Waals surface area contributed by atoms with Gasteiger partial charge in [-0.1, -0.05) is 32.0 Å². The lowest BCUT2D eigenvalue weighted by atomic mass is 9.93. The quantitative estimate of drug-likeness (QED) is 0.936. The van der Waals surface area contributed by atoms with Crippen LogP contribution in [0.2, 0.25) is 0 Å². The van der Waals surface area contributed by atoms with Crippen LogP contribution < -0.4 is 10.2 Å². The van der Waals surface area contributed by atoms with E-state index < -0.39 is 0 Å². The minimum Gasteiger partial charge on any atom is -0.373 e. The van der Waals surface area contributed by atoms with Gasteiger partial charge in [0.25, 0.3) is 0 Å². The van der Waals surface area contributed by atoms with Gasteiger partial charge >= 0.3 is 0 Å². The fourth-order valence-electron chi connectivity index (χ4n) is 3.17. The van der Waals surface area contributed by atoms with Crippen LogP contribution in [0.4, 0.5) is 17.3 Å². The van der Waals surface area contributed by atoms with Crippen molar-refractivity contribution in [1.29, 1.82) is 0 Å². The number of hydrogen-bond donors (Lipinski definition) is 1. The molecule has 0 bridgehead atoms. The van der Waals surface area contributed by atoms with Crippen molar-refractivity contribution in [2.45, 2.75) is 26.7 Å². The topological polar surface area (TPSA) is 41.1 Å². The summed E-state index contributed by atoms with van der Waals surface area (Å²) in [5.41, 5.74) is 3.87. The van der Waals surface area contributed by atoms with Crippen LogP contribution in [0.5, 0.6) is 0 Å². The summed E-state index contributed by atoms with van der Waals surface area (Å²) in [5.74, 6) is 2.59. The summed E-state index contributed by atoms with van der Waals surface area (Å²) < 4.78 is 0. The van der Waals surface area contributed by atoms with Gasteiger partial charge in [-0.3, -0.25) is 0 Å². The lowest BCUT2D eigenvalue weighted by molar-refractivity contribution is 0.559. The van der Waals surface area contributed by atoms with Gasteiger partial charge in [0.15, 0.2) is 0 Å². The molecule has 0 saturated carbocycles. The Hall–Kier alpha value is -2.10. The molecule has 1 aromatic heterocycles. The Bertz CT molecular complexity index is 638. The van der Waals surface area contributed by atoms with Gasteiger partial charge in [-0.25, -0.2) is 9.97 Å². The molecule has 4 heteroatoms. The summed E-state index contributed by atoms with van der Waals surface area (Å²) in [5, 5.41) is 3.18. The summed E-state index contributed by atoms with van der Waals surface area (Å²) >= 11 is 0. The van der Waals surface area contributed by atoms with E-state index in [0.717, 1.165) is 31.0 Å². The molecule has 0 amide bonds. The number of nitrogens with one attached hydrogen (secondary N) is 1. The molecule has 0 spiro atoms. The van der Waals surface area contributed by atoms with Crippen molar-refractivity contribution in [3.8, 4) is 0 Å². The number of nitrogens with zero attached hydrogens (tertiary/aromatic N) is 3. The second-order valence-corrected chi connectivity index (χ2v) is 5.68. The SMILES string of the molecule is CCc1c(NC)ncnc1N1CC(C)Cc2ccccc21. The van der Waals surface area contributed by atoms with Crippen LogP contribution in [0.15, 0.2) is 30.6 Å². The van der Waals surface area contributed by atoms with E-state index in [9.17, 15) is 0 Å². The first-order valence-electron chi connectivity index (χ1n) is 7.61. The number of para-hydroxylation sites is 1. The maximum atomic E-state index is 4.59. The fraction of sp³-hybridized carbons (Fsp3) is 0.412. The largest absolute Gasteiger partial charge is 0.373 e. The Balaban J connectivity index is 2.13. The molecule has 2 aromatic rings. The molecule has 1 unspecified atom stereocenters. The minimum atomic E-state index is 0.623. The number of aromatic nitrogens is 2. The minimum absolute atomic E-state index is 0.623. The molecule has 0 fully saturated rings. The van der Waals surface area contributed by atoms with Gasteiger partial charge in [0.05, 0.1) is 0 Å². The molecule has 0 aliphatic carbocycles. The van der Waals surface area contributed by atoms with Crippen molar-refractivity contribution >= 4 is 17.3 Å². The maximum Gasteiger partial charge on any atom is 0.141 e. The number of benzene rings is 1. The van der Waals surface area contributed by atoms with E-state index in [1.807, 2.05) is 7.05 Å². The van der Waals surface area contributed by atoms with Crippen LogP contribution in [0.1, 0.15) is 25.0 Å². The van der Waals surface area contributed by atoms with Gasteiger partial charge in [0.2, 0.25) is 0 Å². The summed E-state index contributed by atoms with van der Waals surface area (Å²) in [6.45, 7) is 5.46. The van der Waals surface area contributed by atoms with Gasteiger partial charge in [0.1, 0.15) is 18.0 Å². The fourth-order valence-corrected chi connectivity index (χ4v) is 3.17. The van der Waals surface area contributed by atoms with E-state index in [0.29, 0.717) is 5.92 Å². The smallest absolute Gasteiger partial charge is 0.141 e. The Labute approximate surface area is 126 Å². The zero-order chi connectivity index (χ0) is 14.8. The highest BCUT2D eigenvalue weighted by Gasteiger charge is 2.25. The lowest BCUT2D eigenvalue weighted by Crippen LogP contribution is -2.32. The Morgan fingerprint density at radius 1 is 1.29 bits per heavy atom. The third-order valence-corrected chi connectivity index (χ3v) is 4.11. The van der Waals surface area contributed by atoms with Gasteiger partial charge in [-0.2, -0.15) is 0 Å². The highest BCUT2D eigenvalue weighted by atomic mass is 15.2. The van der Waals surface area contributed by atoms with E-state index in [1.54, 1.807) is 6.33 Å². The molecule has 3 rings (SSSR count). The van der Waals surface area contributed by atoms with Gasteiger partial charge < -0.3 is 10.2 Å². The molecule has 2 heterocycles. The van der Waals surface area contributed by atoms with Crippen molar-refractivity contribution in [3.05, 3.63) is 41.7 Å². The van der Waals surface area contributed by atoms with Crippen LogP contribution in [-0.4, -0.2) is 23.6 Å². The lowest BCUT2D eigenvalue weighted by Gasteiger charge is -2.35. The Morgan fingerprint density at radius 2 is 2.10 bits per heavy atom. The molecule has 0 radical (unpaired) electrons. The van der Waals surface area contributed by atoms with E-state index in [4.69, 9.17) is 0 Å². The molecule has 1 aromatic carbocycles. The second kappa shape index (κ2) is 5.72. The van der Waals surface area contributed by atoms with Crippen LogP contribution in [-0.2, 0) is 12.8 Å². The van der Waals surface area contributed by atoms with Crippen molar-refractivity contribution in [3.63, 3.8) is 0 Å². The number of hydrogen-bond acceptors (Lipinski definition) is 4. The third kappa shape index (κ3) is 2.46. The average molecular weight is 282 g/mol.